The second-order valence-electron chi connectivity index (χ2n) is 6.37. The van der Waals surface area contributed by atoms with Crippen LogP contribution in [0, 0.1) is 0 Å². The molecule has 0 bridgehead atoms. The Balaban J connectivity index is 1.86. The fraction of sp³-hybridized carbons (Fsp3) is 0.130. The number of aliphatic imine (C=N–C) groups is 1. The minimum atomic E-state index is 0.735. The van der Waals surface area contributed by atoms with Crippen molar-refractivity contribution in [3.05, 3.63) is 84.1 Å². The summed E-state index contributed by atoms with van der Waals surface area (Å²) in [7, 11) is 1.95. The Kier molecular flexibility index (Phi) is 4.71. The second-order valence-corrected chi connectivity index (χ2v) is 6.37. The molecule has 0 fully saturated rings. The van der Waals surface area contributed by atoms with Crippen molar-refractivity contribution in [2.75, 3.05) is 18.9 Å². The summed E-state index contributed by atoms with van der Waals surface area (Å²) >= 11 is 0. The van der Waals surface area contributed by atoms with E-state index in [1.807, 2.05) is 19.3 Å². The third-order valence-electron chi connectivity index (χ3n) is 4.68. The van der Waals surface area contributed by atoms with Gasteiger partial charge in [-0.15, -0.1) is 0 Å². The van der Waals surface area contributed by atoms with E-state index in [0.29, 0.717) is 0 Å². The molecule has 4 heteroatoms. The Morgan fingerprint density at radius 1 is 1.00 bits per heavy atom. The Labute approximate surface area is 159 Å². The van der Waals surface area contributed by atoms with Crippen LogP contribution in [-0.4, -0.2) is 29.5 Å². The average Bonchev–Trinajstić information content (AvgIpc) is 3.20. The lowest BCUT2D eigenvalue weighted by Crippen LogP contribution is -2.08. The van der Waals surface area contributed by atoms with E-state index >= 15 is 0 Å². The van der Waals surface area contributed by atoms with Crippen LogP contribution in [0.15, 0.2) is 77.9 Å². The van der Waals surface area contributed by atoms with Crippen LogP contribution < -0.4 is 5.32 Å². The van der Waals surface area contributed by atoms with E-state index < -0.39 is 0 Å². The first-order chi connectivity index (χ1) is 13.3. The number of rotatable bonds is 5. The highest BCUT2D eigenvalue weighted by Gasteiger charge is 2.13. The lowest BCUT2D eigenvalue weighted by atomic mass is 9.95. The number of anilines is 1. The molecule has 0 aliphatic heterocycles. The van der Waals surface area contributed by atoms with E-state index in [1.54, 1.807) is 0 Å². The van der Waals surface area contributed by atoms with Gasteiger partial charge in [-0.2, -0.15) is 5.10 Å². The van der Waals surface area contributed by atoms with Gasteiger partial charge in [0.1, 0.15) is 0 Å². The van der Waals surface area contributed by atoms with E-state index in [1.165, 1.54) is 0 Å². The summed E-state index contributed by atoms with van der Waals surface area (Å²) in [4.78, 5) is 4.81. The molecule has 0 spiro atoms. The number of hydrogen-bond acceptors (Lipinski definition) is 3. The molecule has 4 nitrogen and oxygen atoms in total. The van der Waals surface area contributed by atoms with Crippen LogP contribution in [0.2, 0.25) is 0 Å². The van der Waals surface area contributed by atoms with Crippen molar-refractivity contribution in [1.29, 1.82) is 0 Å². The van der Waals surface area contributed by atoms with Gasteiger partial charge < -0.3 is 5.32 Å². The maximum absolute atomic E-state index is 4.81. The van der Waals surface area contributed by atoms with Crippen LogP contribution in [0.25, 0.3) is 22.0 Å². The maximum Gasteiger partial charge on any atom is 0.0739 e. The van der Waals surface area contributed by atoms with Gasteiger partial charge in [-0.1, -0.05) is 42.5 Å². The van der Waals surface area contributed by atoms with Crippen LogP contribution in [0.3, 0.4) is 0 Å². The summed E-state index contributed by atoms with van der Waals surface area (Å²) in [6.07, 6.45) is 1.86. The zero-order chi connectivity index (χ0) is 18.6. The van der Waals surface area contributed by atoms with E-state index in [-0.39, 0.29) is 0 Å². The van der Waals surface area contributed by atoms with Crippen molar-refractivity contribution in [3.8, 4) is 11.1 Å². The van der Waals surface area contributed by atoms with Crippen LogP contribution >= 0.6 is 0 Å². The SMILES string of the molecule is CCN=C(c1ccccc1)c1cc(-c2ccc3[nH]ncc3c2)ccc1NC. The highest BCUT2D eigenvalue weighted by Crippen LogP contribution is 2.29. The molecule has 0 radical (unpaired) electrons. The fourth-order valence-corrected chi connectivity index (χ4v) is 3.35. The smallest absolute Gasteiger partial charge is 0.0739 e. The van der Waals surface area contributed by atoms with Crippen molar-refractivity contribution in [3.63, 3.8) is 0 Å². The summed E-state index contributed by atoms with van der Waals surface area (Å²) in [5.41, 5.74) is 7.67. The van der Waals surface area contributed by atoms with Gasteiger partial charge in [0.2, 0.25) is 0 Å². The molecule has 2 N–H and O–H groups in total. The van der Waals surface area contributed by atoms with Crippen molar-refractivity contribution in [1.82, 2.24) is 10.2 Å². The van der Waals surface area contributed by atoms with Crippen molar-refractivity contribution in [2.45, 2.75) is 6.92 Å². The topological polar surface area (TPSA) is 53.1 Å². The summed E-state index contributed by atoms with van der Waals surface area (Å²) in [5, 5.41) is 11.5. The molecule has 0 unspecified atom stereocenters. The minimum absolute atomic E-state index is 0.735. The highest BCUT2D eigenvalue weighted by molar-refractivity contribution is 6.16. The zero-order valence-corrected chi connectivity index (χ0v) is 15.5. The van der Waals surface area contributed by atoms with E-state index in [0.717, 1.165) is 51.1 Å². The van der Waals surface area contributed by atoms with Gasteiger partial charge in [0.05, 0.1) is 17.4 Å². The molecule has 4 rings (SSSR count). The molecular weight excluding hydrogens is 332 g/mol. The summed E-state index contributed by atoms with van der Waals surface area (Å²) in [6.45, 7) is 2.80. The number of hydrogen-bond donors (Lipinski definition) is 2. The Bertz CT molecular complexity index is 1090. The molecule has 4 aromatic rings. The number of fused-ring (bicyclic) bond motifs is 1. The molecule has 0 saturated carbocycles. The van der Waals surface area contributed by atoms with Gasteiger partial charge in [-0.05, 0) is 42.3 Å². The zero-order valence-electron chi connectivity index (χ0n) is 15.5. The van der Waals surface area contributed by atoms with Crippen LogP contribution in [0.1, 0.15) is 18.1 Å². The molecule has 0 amide bonds. The fourth-order valence-electron chi connectivity index (χ4n) is 3.35. The van der Waals surface area contributed by atoms with Gasteiger partial charge in [-0.25, -0.2) is 0 Å². The highest BCUT2D eigenvalue weighted by atomic mass is 15.1. The number of benzene rings is 3. The number of aromatic amines is 1. The Hall–Kier alpha value is -3.40. The van der Waals surface area contributed by atoms with Crippen molar-refractivity contribution < 1.29 is 0 Å². The third-order valence-corrected chi connectivity index (χ3v) is 4.68. The molecule has 0 saturated heterocycles. The number of nitrogens with zero attached hydrogens (tertiary/aromatic N) is 2. The van der Waals surface area contributed by atoms with Gasteiger partial charge in [-0.3, -0.25) is 10.1 Å². The van der Waals surface area contributed by atoms with Crippen molar-refractivity contribution in [2.24, 2.45) is 4.99 Å². The van der Waals surface area contributed by atoms with Crippen LogP contribution in [0.5, 0.6) is 0 Å². The number of H-pyrrole nitrogens is 1. The average molecular weight is 354 g/mol. The molecule has 0 aliphatic rings. The van der Waals surface area contributed by atoms with Gasteiger partial charge in [0.15, 0.2) is 0 Å². The minimum Gasteiger partial charge on any atom is -0.388 e. The molecule has 1 heterocycles. The molecule has 134 valence electrons. The predicted molar refractivity (Wildman–Crippen MR) is 114 cm³/mol. The molecular formula is C23H22N4. The first-order valence-electron chi connectivity index (χ1n) is 9.15. The first-order valence-corrected chi connectivity index (χ1v) is 9.15. The molecule has 0 atom stereocenters. The second kappa shape index (κ2) is 7.46. The van der Waals surface area contributed by atoms with E-state index in [4.69, 9.17) is 4.99 Å². The van der Waals surface area contributed by atoms with Crippen LogP contribution in [-0.2, 0) is 0 Å². The largest absolute Gasteiger partial charge is 0.388 e. The first kappa shape index (κ1) is 17.0. The van der Waals surface area contributed by atoms with Gasteiger partial charge in [0, 0.05) is 35.8 Å². The number of nitrogens with one attached hydrogen (secondary N) is 2. The monoisotopic (exact) mass is 354 g/mol. The Morgan fingerprint density at radius 3 is 2.56 bits per heavy atom. The predicted octanol–water partition coefficient (Wildman–Crippen LogP) is 5.13. The molecule has 3 aromatic carbocycles. The summed E-state index contributed by atoms with van der Waals surface area (Å²) < 4.78 is 0. The third kappa shape index (κ3) is 3.34. The standard InChI is InChI=1S/C23H22N4/c1-3-25-23(16-7-5-4-6-8-16)20-14-18(10-12-22(20)24-2)17-9-11-21-19(13-17)15-26-27-21/h4-15,24H,3H2,1-2H3,(H,26,27). The Morgan fingerprint density at radius 2 is 1.78 bits per heavy atom. The van der Waals surface area contributed by atoms with E-state index in [9.17, 15) is 0 Å². The van der Waals surface area contributed by atoms with Crippen LogP contribution in [0.4, 0.5) is 5.69 Å². The molecule has 27 heavy (non-hydrogen) atoms. The van der Waals surface area contributed by atoms with Crippen molar-refractivity contribution >= 4 is 22.3 Å². The maximum atomic E-state index is 4.81. The lowest BCUT2D eigenvalue weighted by Gasteiger charge is -2.15. The molecule has 1 aromatic heterocycles. The van der Waals surface area contributed by atoms with E-state index in [2.05, 4.69) is 83.1 Å². The summed E-state index contributed by atoms with van der Waals surface area (Å²) in [5.74, 6) is 0. The number of aromatic nitrogens is 2. The molecule has 0 aliphatic carbocycles. The van der Waals surface area contributed by atoms with Gasteiger partial charge >= 0.3 is 0 Å². The summed E-state index contributed by atoms with van der Waals surface area (Å²) in [6, 6.07) is 23.2. The van der Waals surface area contributed by atoms with Gasteiger partial charge in [0.25, 0.3) is 0 Å². The quantitative estimate of drug-likeness (QED) is 0.488. The lowest BCUT2D eigenvalue weighted by molar-refractivity contribution is 1.12. The normalized spacial score (nSPS) is 11.7.